The Labute approximate surface area is 204 Å². The monoisotopic (exact) mass is 495 g/mol. The SMILES string of the molecule is Nc1nccn2c([C@H]3CCC[C@@H](N)C3)nc(-c3ccc(C(=O)Nc4cc(C(F)(F)F)ccn4)cc3)c12. The second kappa shape index (κ2) is 9.23. The van der Waals surface area contributed by atoms with Crippen LogP contribution in [0.3, 0.4) is 0 Å². The predicted molar refractivity (Wildman–Crippen MR) is 129 cm³/mol. The van der Waals surface area contributed by atoms with Crippen molar-refractivity contribution in [2.45, 2.75) is 43.8 Å². The first-order chi connectivity index (χ1) is 17.2. The van der Waals surface area contributed by atoms with Crippen LogP contribution in [0.25, 0.3) is 16.8 Å². The molecule has 1 aliphatic carbocycles. The summed E-state index contributed by atoms with van der Waals surface area (Å²) in [5, 5.41) is 2.41. The van der Waals surface area contributed by atoms with Crippen LogP contribution in [0.4, 0.5) is 24.8 Å². The molecule has 3 heterocycles. The summed E-state index contributed by atoms with van der Waals surface area (Å²) in [5.41, 5.74) is 13.8. The molecule has 4 aromatic rings. The molecule has 0 unspecified atom stereocenters. The molecule has 8 nitrogen and oxygen atoms in total. The lowest BCUT2D eigenvalue weighted by molar-refractivity contribution is -0.137. The number of benzene rings is 1. The maximum atomic E-state index is 12.9. The molecule has 1 fully saturated rings. The molecule has 2 atom stereocenters. The van der Waals surface area contributed by atoms with Crippen molar-refractivity contribution in [3.8, 4) is 11.3 Å². The van der Waals surface area contributed by atoms with Crippen molar-refractivity contribution in [3.05, 3.63) is 71.9 Å². The average Bonchev–Trinajstić information content (AvgIpc) is 3.25. The number of imidazole rings is 1. The van der Waals surface area contributed by atoms with Gasteiger partial charge >= 0.3 is 6.18 Å². The molecule has 5 N–H and O–H groups in total. The summed E-state index contributed by atoms with van der Waals surface area (Å²) in [6.07, 6.45) is 3.78. The van der Waals surface area contributed by atoms with Crippen LogP contribution in [0.1, 0.15) is 53.3 Å². The summed E-state index contributed by atoms with van der Waals surface area (Å²) >= 11 is 0. The minimum absolute atomic E-state index is 0.128. The van der Waals surface area contributed by atoms with Gasteiger partial charge in [0.2, 0.25) is 0 Å². The van der Waals surface area contributed by atoms with Crippen molar-refractivity contribution in [2.24, 2.45) is 5.73 Å². The highest BCUT2D eigenvalue weighted by Crippen LogP contribution is 2.36. The third kappa shape index (κ3) is 4.61. The molecule has 5 rings (SSSR count). The van der Waals surface area contributed by atoms with Crippen LogP contribution in [0.2, 0.25) is 0 Å². The summed E-state index contributed by atoms with van der Waals surface area (Å²) < 4.78 is 40.8. The number of hydrogen-bond donors (Lipinski definition) is 3. The molecule has 0 radical (unpaired) electrons. The number of nitrogens with one attached hydrogen (secondary N) is 1. The number of nitrogen functional groups attached to an aromatic ring is 1. The lowest BCUT2D eigenvalue weighted by Gasteiger charge is -2.25. The van der Waals surface area contributed by atoms with Gasteiger partial charge in [0, 0.05) is 41.7 Å². The minimum atomic E-state index is -4.53. The molecular weight excluding hydrogens is 471 g/mol. The number of carbonyl (C=O) groups excluding carboxylic acids is 1. The highest BCUT2D eigenvalue weighted by molar-refractivity contribution is 6.04. The maximum absolute atomic E-state index is 12.9. The van der Waals surface area contributed by atoms with Gasteiger partial charge in [-0.2, -0.15) is 13.2 Å². The topological polar surface area (TPSA) is 124 Å². The highest BCUT2D eigenvalue weighted by atomic mass is 19.4. The number of rotatable bonds is 4. The van der Waals surface area contributed by atoms with Crippen LogP contribution in [0.15, 0.2) is 55.0 Å². The predicted octanol–water partition coefficient (Wildman–Crippen LogP) is 4.63. The highest BCUT2D eigenvalue weighted by Gasteiger charge is 2.31. The van der Waals surface area contributed by atoms with E-state index in [0.717, 1.165) is 55.4 Å². The Balaban J connectivity index is 1.43. The second-order valence-electron chi connectivity index (χ2n) is 8.93. The fourth-order valence-corrected chi connectivity index (χ4v) is 4.68. The van der Waals surface area contributed by atoms with Gasteiger partial charge in [-0.1, -0.05) is 18.6 Å². The van der Waals surface area contributed by atoms with Crippen LogP contribution >= 0.6 is 0 Å². The van der Waals surface area contributed by atoms with Gasteiger partial charge in [0.1, 0.15) is 28.7 Å². The van der Waals surface area contributed by atoms with Gasteiger partial charge in [0.05, 0.1) is 5.56 Å². The molecule has 0 saturated heterocycles. The fraction of sp³-hybridized carbons (Fsp3) is 0.280. The first kappa shape index (κ1) is 23.7. The molecule has 11 heteroatoms. The molecule has 0 aliphatic heterocycles. The van der Waals surface area contributed by atoms with Gasteiger partial charge in [-0.25, -0.2) is 15.0 Å². The molecule has 1 aromatic carbocycles. The van der Waals surface area contributed by atoms with E-state index in [4.69, 9.17) is 16.5 Å². The maximum Gasteiger partial charge on any atom is 0.416 e. The average molecular weight is 496 g/mol. The molecule has 0 bridgehead atoms. The van der Waals surface area contributed by atoms with Crippen LogP contribution in [-0.4, -0.2) is 31.3 Å². The molecule has 3 aromatic heterocycles. The van der Waals surface area contributed by atoms with Crippen LogP contribution in [0.5, 0.6) is 0 Å². The Hall–Kier alpha value is -3.99. The Bertz CT molecular complexity index is 1420. The van der Waals surface area contributed by atoms with Gasteiger partial charge in [-0.15, -0.1) is 0 Å². The Morgan fingerprint density at radius 1 is 1.08 bits per heavy atom. The van der Waals surface area contributed by atoms with E-state index in [1.807, 2.05) is 10.6 Å². The normalized spacial score (nSPS) is 18.3. The Kier molecular flexibility index (Phi) is 6.09. The summed E-state index contributed by atoms with van der Waals surface area (Å²) in [6.45, 7) is 0. The zero-order chi connectivity index (χ0) is 25.4. The number of hydrogen-bond acceptors (Lipinski definition) is 6. The number of carbonyl (C=O) groups is 1. The summed E-state index contributed by atoms with van der Waals surface area (Å²) in [6, 6.07) is 8.35. The minimum Gasteiger partial charge on any atom is -0.382 e. The van der Waals surface area contributed by atoms with Crippen molar-refractivity contribution >= 4 is 23.1 Å². The molecule has 186 valence electrons. The van der Waals surface area contributed by atoms with Crippen molar-refractivity contribution in [2.75, 3.05) is 11.1 Å². The van der Waals surface area contributed by atoms with Crippen molar-refractivity contribution in [1.29, 1.82) is 0 Å². The van der Waals surface area contributed by atoms with Gasteiger partial charge in [0.25, 0.3) is 5.91 Å². The van der Waals surface area contributed by atoms with Crippen molar-refractivity contribution in [1.82, 2.24) is 19.4 Å². The third-order valence-electron chi connectivity index (χ3n) is 6.44. The largest absolute Gasteiger partial charge is 0.416 e. The number of amides is 1. The van der Waals surface area contributed by atoms with Crippen LogP contribution in [-0.2, 0) is 6.18 Å². The first-order valence-corrected chi connectivity index (χ1v) is 11.5. The Morgan fingerprint density at radius 2 is 1.86 bits per heavy atom. The number of pyridine rings is 1. The third-order valence-corrected chi connectivity index (χ3v) is 6.44. The number of nitrogens with zero attached hydrogens (tertiary/aromatic N) is 4. The molecule has 1 saturated carbocycles. The lowest BCUT2D eigenvalue weighted by Crippen LogP contribution is -2.27. The zero-order valence-corrected chi connectivity index (χ0v) is 19.2. The number of nitrogens with two attached hydrogens (primary N) is 2. The molecule has 1 aliphatic rings. The standard InChI is InChI=1S/C25H24F3N7O/c26-25(27,28)17-8-9-31-19(13-17)33-24(36)15-6-4-14(5-7-15)20-21-22(30)32-10-11-35(21)23(34-20)16-2-1-3-18(29)12-16/h4-11,13,16,18H,1-3,12,29H2,(H2,30,32)(H,31,33,36)/t16-,18+/m0/s1. The summed E-state index contributed by atoms with van der Waals surface area (Å²) in [4.78, 5) is 25.6. The summed E-state index contributed by atoms with van der Waals surface area (Å²) in [5.74, 6) is 0.640. The molecule has 36 heavy (non-hydrogen) atoms. The van der Waals surface area contributed by atoms with Gasteiger partial charge in [0.15, 0.2) is 0 Å². The zero-order valence-electron chi connectivity index (χ0n) is 19.2. The van der Waals surface area contributed by atoms with E-state index < -0.39 is 17.6 Å². The van der Waals surface area contributed by atoms with E-state index in [1.54, 1.807) is 30.5 Å². The van der Waals surface area contributed by atoms with Crippen LogP contribution < -0.4 is 16.8 Å². The Morgan fingerprint density at radius 3 is 2.58 bits per heavy atom. The van der Waals surface area contributed by atoms with E-state index in [9.17, 15) is 18.0 Å². The van der Waals surface area contributed by atoms with E-state index in [1.165, 1.54) is 0 Å². The van der Waals surface area contributed by atoms with Crippen molar-refractivity contribution in [3.63, 3.8) is 0 Å². The first-order valence-electron chi connectivity index (χ1n) is 11.5. The molecule has 1 amide bonds. The lowest BCUT2D eigenvalue weighted by atomic mass is 9.85. The van der Waals surface area contributed by atoms with E-state index in [-0.39, 0.29) is 23.3 Å². The molecular formula is C25H24F3N7O. The van der Waals surface area contributed by atoms with Crippen LogP contribution in [0, 0.1) is 0 Å². The second-order valence-corrected chi connectivity index (χ2v) is 8.93. The van der Waals surface area contributed by atoms with Gasteiger partial charge in [-0.3, -0.25) is 9.20 Å². The van der Waals surface area contributed by atoms with Gasteiger partial charge in [-0.05, 0) is 43.5 Å². The molecule has 0 spiro atoms. The number of halogens is 3. The summed E-state index contributed by atoms with van der Waals surface area (Å²) in [7, 11) is 0. The van der Waals surface area contributed by atoms with E-state index >= 15 is 0 Å². The number of alkyl halides is 3. The number of fused-ring (bicyclic) bond motifs is 1. The van der Waals surface area contributed by atoms with E-state index in [2.05, 4.69) is 15.3 Å². The smallest absolute Gasteiger partial charge is 0.382 e. The van der Waals surface area contributed by atoms with Crippen molar-refractivity contribution < 1.29 is 18.0 Å². The van der Waals surface area contributed by atoms with E-state index in [0.29, 0.717) is 17.0 Å². The number of anilines is 2. The van der Waals surface area contributed by atoms with Gasteiger partial charge < -0.3 is 16.8 Å². The number of aromatic nitrogens is 4. The fourth-order valence-electron chi connectivity index (χ4n) is 4.68. The quantitative estimate of drug-likeness (QED) is 0.379.